The van der Waals surface area contributed by atoms with Crippen LogP contribution in [0.4, 0.5) is 25.2 Å². The van der Waals surface area contributed by atoms with Crippen LogP contribution in [0, 0.1) is 0 Å². The average Bonchev–Trinajstić information content (AvgIpc) is 3.04. The Balaban J connectivity index is 0.000000515. The number of halogens is 6. The summed E-state index contributed by atoms with van der Waals surface area (Å²) in [4.78, 5) is 0. The maximum absolute atomic E-state index is 10.7. The summed E-state index contributed by atoms with van der Waals surface area (Å²) in [7, 11) is -10.7. The van der Waals surface area contributed by atoms with Crippen LogP contribution in [0.15, 0.2) is 151 Å². The van der Waals surface area contributed by atoms with E-state index in [-0.39, 0.29) is 14.5 Å². The number of benzene rings is 4. The molecule has 1 aliphatic heterocycles. The molecule has 9 heteroatoms. The molecule has 0 N–H and O–H groups in total. The van der Waals surface area contributed by atoms with E-state index in [1.807, 2.05) is 0 Å². The number of hydrogen-bond acceptors (Lipinski definition) is 0. The van der Waals surface area contributed by atoms with Gasteiger partial charge in [0.25, 0.3) is 0 Å². The fourth-order valence-electron chi connectivity index (χ4n) is 4.58. The quantitative estimate of drug-likeness (QED) is 0.0942. The van der Waals surface area contributed by atoms with Crippen LogP contribution in [0.3, 0.4) is 0 Å². The Labute approximate surface area is 274 Å². The second-order valence-electron chi connectivity index (χ2n) is 10.2. The molecule has 0 amide bonds. The first-order valence-electron chi connectivity index (χ1n) is 13.8. The van der Waals surface area contributed by atoms with Crippen LogP contribution >= 0.6 is 7.81 Å². The van der Waals surface area contributed by atoms with E-state index in [0.717, 1.165) is 0 Å². The Bertz CT molecular complexity index is 1760. The van der Waals surface area contributed by atoms with Gasteiger partial charge >= 0.3 is 276 Å². The van der Waals surface area contributed by atoms with Gasteiger partial charge in [0.05, 0.1) is 0 Å². The van der Waals surface area contributed by atoms with Crippen LogP contribution in [0.1, 0.15) is 23.6 Å². The minimum absolute atomic E-state index is 0.242. The number of allylic oxidation sites excluding steroid dienone is 4. The van der Waals surface area contributed by atoms with Crippen LogP contribution in [0.25, 0.3) is 32.8 Å². The SMILES string of the molecule is CC(=C1C=C(c2ccccc2)[Te]C(c2ccccc2)=C1)c1cc(-c2ccccc2)[se+]c(-c2ccccc2)c1.F[P-](F)(F)(F)(F)F. The Hall–Kier alpha value is -3.23. The Morgan fingerprint density at radius 3 is 1.16 bits per heavy atom. The van der Waals surface area contributed by atoms with E-state index in [9.17, 15) is 25.2 Å². The van der Waals surface area contributed by atoms with Gasteiger partial charge in [0.1, 0.15) is 0 Å². The van der Waals surface area contributed by atoms with Gasteiger partial charge in [-0.05, 0) is 0 Å². The van der Waals surface area contributed by atoms with Crippen LogP contribution in [0.5, 0.6) is 0 Å². The first-order valence-corrected chi connectivity index (χ1v) is 19.9. The van der Waals surface area contributed by atoms with Crippen LogP contribution in [-0.4, -0.2) is 35.4 Å². The summed E-state index contributed by atoms with van der Waals surface area (Å²) in [5.74, 6) is 0. The van der Waals surface area contributed by atoms with Gasteiger partial charge in [-0.2, -0.15) is 0 Å². The molecule has 0 unspecified atom stereocenters. The third kappa shape index (κ3) is 10.4. The predicted molar refractivity (Wildman–Crippen MR) is 179 cm³/mol. The molecule has 4 aromatic carbocycles. The molecule has 5 aromatic rings. The van der Waals surface area contributed by atoms with Crippen molar-refractivity contribution in [3.63, 3.8) is 0 Å². The normalized spacial score (nSPS) is 14.6. The molecule has 0 nitrogen and oxygen atoms in total. The summed E-state index contributed by atoms with van der Waals surface area (Å²) in [5.41, 5.74) is 9.29. The van der Waals surface area contributed by atoms with Crippen LogP contribution < -0.4 is 0 Å². The number of hydrogen-bond donors (Lipinski definition) is 0. The summed E-state index contributed by atoms with van der Waals surface area (Å²) < 4.78 is 65.0. The molecule has 45 heavy (non-hydrogen) atoms. The molecule has 1 aromatic heterocycles. The van der Waals surface area contributed by atoms with Gasteiger partial charge in [-0.3, -0.25) is 0 Å². The summed E-state index contributed by atoms with van der Waals surface area (Å²) in [6.45, 7) is 2.30. The van der Waals surface area contributed by atoms with Gasteiger partial charge < -0.3 is 0 Å². The summed E-state index contributed by atoms with van der Waals surface area (Å²) in [6, 6.07) is 48.5. The van der Waals surface area contributed by atoms with Crippen molar-refractivity contribution < 1.29 is 25.2 Å². The molecular weight excluding hydrogens is 784 g/mol. The second-order valence-corrected chi connectivity index (χ2v) is 17.5. The molecule has 0 atom stereocenters. The molecule has 1 aliphatic rings. The molecular formula is C36H27F6PSeTe. The second kappa shape index (κ2) is 12.9. The van der Waals surface area contributed by atoms with Crippen molar-refractivity contribution in [2.45, 2.75) is 6.92 Å². The van der Waals surface area contributed by atoms with Crippen molar-refractivity contribution in [2.75, 3.05) is 0 Å². The van der Waals surface area contributed by atoms with E-state index >= 15 is 0 Å². The summed E-state index contributed by atoms with van der Waals surface area (Å²) in [5, 5.41) is 0. The zero-order valence-electron chi connectivity index (χ0n) is 23.9. The van der Waals surface area contributed by atoms with Gasteiger partial charge in [-0.25, -0.2) is 0 Å². The van der Waals surface area contributed by atoms with E-state index < -0.39 is 28.7 Å². The van der Waals surface area contributed by atoms with E-state index in [1.54, 1.807) is 0 Å². The van der Waals surface area contributed by atoms with Gasteiger partial charge in [0.2, 0.25) is 0 Å². The Morgan fingerprint density at radius 2 is 0.822 bits per heavy atom. The molecule has 0 radical (unpaired) electrons. The molecule has 0 fully saturated rings. The van der Waals surface area contributed by atoms with Crippen molar-refractivity contribution in [1.29, 1.82) is 0 Å². The van der Waals surface area contributed by atoms with Gasteiger partial charge in [-0.15, -0.1) is 0 Å². The molecule has 0 spiro atoms. The third-order valence-corrected chi connectivity index (χ3v) is 12.4. The molecule has 230 valence electrons. The van der Waals surface area contributed by atoms with Crippen LogP contribution in [0.2, 0.25) is 0 Å². The topological polar surface area (TPSA) is 0 Å². The Kier molecular flexibility index (Phi) is 9.48. The average molecular weight is 811 g/mol. The number of rotatable bonds is 5. The third-order valence-electron chi connectivity index (χ3n) is 6.69. The first-order chi connectivity index (χ1) is 21.2. The van der Waals surface area contributed by atoms with Crippen molar-refractivity contribution in [3.05, 3.63) is 168 Å². The zero-order chi connectivity index (χ0) is 32.1. The van der Waals surface area contributed by atoms with Crippen molar-refractivity contribution in [2.24, 2.45) is 0 Å². The molecule has 6 rings (SSSR count). The van der Waals surface area contributed by atoms with Gasteiger partial charge in [0, 0.05) is 0 Å². The molecule has 0 aliphatic carbocycles. The molecule has 2 heterocycles. The monoisotopic (exact) mass is 814 g/mol. The molecule has 0 saturated heterocycles. The Morgan fingerprint density at radius 1 is 0.511 bits per heavy atom. The fraction of sp³-hybridized carbons (Fsp3) is 0.0278. The van der Waals surface area contributed by atoms with E-state index in [1.165, 1.54) is 55.1 Å². The fourth-order valence-corrected chi connectivity index (χ4v) is 10.1. The van der Waals surface area contributed by atoms with Gasteiger partial charge in [-0.1, -0.05) is 0 Å². The van der Waals surface area contributed by atoms with E-state index in [4.69, 9.17) is 0 Å². The van der Waals surface area contributed by atoms with Crippen molar-refractivity contribution in [3.8, 4) is 20.0 Å². The maximum atomic E-state index is 9.87. The van der Waals surface area contributed by atoms with Crippen molar-refractivity contribution in [1.82, 2.24) is 0 Å². The summed E-state index contributed by atoms with van der Waals surface area (Å²) in [6.07, 6.45) is 4.91. The predicted octanol–water partition coefficient (Wildman–Crippen LogP) is 12.3. The molecule has 0 saturated carbocycles. The first kappa shape index (κ1) is 33.1. The van der Waals surface area contributed by atoms with E-state index in [0.29, 0.717) is 0 Å². The zero-order valence-corrected chi connectivity index (χ0v) is 28.8. The molecule has 0 bridgehead atoms. The summed E-state index contributed by atoms with van der Waals surface area (Å²) >= 11 is -0.265. The standard InChI is InChI=1S/C36H27SeTe.F6P/c1-26(31-22-33(27-14-6-2-7-15-27)37-34(23-31)28-16-8-3-9-17-28)32-24-35(29-18-10-4-11-19-29)38-36(25-32)30-20-12-5-13-21-30;1-7(2,3,4,5)6/h2-25H,1H3;/q+1;-1. The van der Waals surface area contributed by atoms with Gasteiger partial charge in [0.15, 0.2) is 0 Å². The minimum atomic E-state index is -10.7. The van der Waals surface area contributed by atoms with E-state index in [2.05, 4.69) is 153 Å². The van der Waals surface area contributed by atoms with Crippen LogP contribution in [-0.2, 0) is 0 Å². The van der Waals surface area contributed by atoms with Crippen molar-refractivity contribution >= 4 is 56.1 Å².